The molecule has 0 N–H and O–H groups in total. The Kier molecular flexibility index (Phi) is 6.74. The summed E-state index contributed by atoms with van der Waals surface area (Å²) in [6, 6.07) is 21.2. The average Bonchev–Trinajstić information content (AvgIpc) is 2.83. The number of hydrogen-bond acceptors (Lipinski definition) is 4. The Hall–Kier alpha value is -2.54. The second-order valence-electron chi connectivity index (χ2n) is 8.62. The van der Waals surface area contributed by atoms with Crippen LogP contribution in [0.2, 0.25) is 0 Å². The molecule has 0 amide bonds. The molecule has 0 saturated heterocycles. The van der Waals surface area contributed by atoms with Crippen molar-refractivity contribution in [2.75, 3.05) is 14.1 Å². The molecule has 0 bridgehead atoms. The molecule has 5 nitrogen and oxygen atoms in total. The molecule has 0 aliphatic heterocycles. The van der Waals surface area contributed by atoms with E-state index in [0.29, 0.717) is 10.9 Å². The van der Waals surface area contributed by atoms with Crippen molar-refractivity contribution >= 4 is 10.0 Å². The molecule has 1 aromatic heterocycles. The summed E-state index contributed by atoms with van der Waals surface area (Å²) < 4.78 is 27.8. The van der Waals surface area contributed by atoms with Crippen molar-refractivity contribution in [3.05, 3.63) is 95.3 Å². The molecule has 6 heteroatoms. The molecule has 2 unspecified atom stereocenters. The highest BCUT2D eigenvalue weighted by atomic mass is 32.2. The third kappa shape index (κ3) is 4.63. The van der Waals surface area contributed by atoms with Crippen molar-refractivity contribution in [1.29, 1.82) is 0 Å². The normalized spacial score (nSPS) is 17.3. The molecule has 0 spiro atoms. The zero-order chi connectivity index (χ0) is 22.7. The van der Waals surface area contributed by atoms with Crippen LogP contribution in [0.5, 0.6) is 0 Å². The highest BCUT2D eigenvalue weighted by molar-refractivity contribution is 7.89. The van der Waals surface area contributed by atoms with Crippen LogP contribution in [0.1, 0.15) is 54.2 Å². The first-order chi connectivity index (χ1) is 15.4. The molecule has 1 heterocycles. The molecule has 32 heavy (non-hydrogen) atoms. The Morgan fingerprint density at radius 2 is 1.72 bits per heavy atom. The molecule has 0 fully saturated rings. The van der Waals surface area contributed by atoms with Gasteiger partial charge in [0.1, 0.15) is 0 Å². The number of sulfonamides is 1. The lowest BCUT2D eigenvalue weighted by atomic mass is 9.91. The van der Waals surface area contributed by atoms with Crippen molar-refractivity contribution < 1.29 is 8.42 Å². The summed E-state index contributed by atoms with van der Waals surface area (Å²) in [6.07, 6.45) is 5.22. The number of aryl methyl sites for hydroxylation is 1. The maximum absolute atomic E-state index is 13.2. The van der Waals surface area contributed by atoms with Crippen LogP contribution >= 0.6 is 0 Å². The second kappa shape index (κ2) is 9.53. The average molecular weight is 450 g/mol. The summed E-state index contributed by atoms with van der Waals surface area (Å²) in [6.45, 7) is 2.66. The Balaban J connectivity index is 1.47. The number of pyridine rings is 1. The lowest BCUT2D eigenvalue weighted by Gasteiger charge is -2.32. The number of hydrogen-bond donors (Lipinski definition) is 0. The monoisotopic (exact) mass is 449 g/mol. The summed E-state index contributed by atoms with van der Waals surface area (Å²) in [5, 5.41) is 0. The first-order valence-electron chi connectivity index (χ1n) is 11.1. The predicted octanol–water partition coefficient (Wildman–Crippen LogP) is 4.97. The third-order valence-electron chi connectivity index (χ3n) is 6.56. The maximum Gasteiger partial charge on any atom is 0.243 e. The zero-order valence-corrected chi connectivity index (χ0v) is 19.8. The van der Waals surface area contributed by atoms with Gasteiger partial charge in [-0.15, -0.1) is 0 Å². The van der Waals surface area contributed by atoms with Crippen molar-refractivity contribution in [3.8, 4) is 0 Å². The highest BCUT2D eigenvalue weighted by Crippen LogP contribution is 2.33. The van der Waals surface area contributed by atoms with Crippen molar-refractivity contribution in [2.45, 2.75) is 49.7 Å². The molecule has 0 radical (unpaired) electrons. The fraction of sp³-hybridized carbons (Fsp3) is 0.346. The fourth-order valence-corrected chi connectivity index (χ4v) is 5.85. The summed E-state index contributed by atoms with van der Waals surface area (Å²) in [7, 11) is 0.178. The molecule has 0 saturated carbocycles. The van der Waals surface area contributed by atoms with E-state index in [4.69, 9.17) is 0 Å². The van der Waals surface area contributed by atoms with Gasteiger partial charge in [0.05, 0.1) is 16.6 Å². The molecular formula is C26H31N3O2S. The van der Waals surface area contributed by atoms with E-state index in [2.05, 4.69) is 23.0 Å². The zero-order valence-electron chi connectivity index (χ0n) is 19.0. The van der Waals surface area contributed by atoms with Crippen molar-refractivity contribution in [2.24, 2.45) is 0 Å². The van der Waals surface area contributed by atoms with E-state index in [-0.39, 0.29) is 6.04 Å². The van der Waals surface area contributed by atoms with E-state index in [1.165, 1.54) is 15.6 Å². The van der Waals surface area contributed by atoms with Gasteiger partial charge in [-0.25, -0.2) is 8.42 Å². The second-order valence-corrected chi connectivity index (χ2v) is 10.6. The predicted molar refractivity (Wildman–Crippen MR) is 128 cm³/mol. The van der Waals surface area contributed by atoms with Gasteiger partial charge in [0.25, 0.3) is 0 Å². The molecule has 4 rings (SSSR count). The third-order valence-corrected chi connectivity index (χ3v) is 8.50. The molecule has 1 aliphatic carbocycles. The smallest absolute Gasteiger partial charge is 0.243 e. The van der Waals surface area contributed by atoms with Crippen LogP contribution in [0.25, 0.3) is 0 Å². The van der Waals surface area contributed by atoms with Crippen LogP contribution in [0, 0.1) is 0 Å². The van der Waals surface area contributed by atoms with Crippen LogP contribution in [-0.4, -0.2) is 36.7 Å². The molecule has 3 aromatic rings. The molecule has 2 aromatic carbocycles. The van der Waals surface area contributed by atoms with Gasteiger partial charge >= 0.3 is 0 Å². The maximum atomic E-state index is 13.2. The Labute approximate surface area is 191 Å². The van der Waals surface area contributed by atoms with Gasteiger partial charge in [-0.3, -0.25) is 9.88 Å². The molecular weight excluding hydrogens is 418 g/mol. The molecule has 168 valence electrons. The van der Waals surface area contributed by atoms with E-state index in [1.54, 1.807) is 19.2 Å². The standard InChI is InChI=1S/C26H31N3O2S/c1-20(22-9-5-4-6-10-22)29(3)32(30,31)24-16-14-21(15-17-24)19-28(2)25-13-7-11-23-12-8-18-27-26(23)25/h4-6,8-10,12,14-18,20,25H,7,11,13,19H2,1-3H3. The van der Waals surface area contributed by atoms with Crippen molar-refractivity contribution in [3.63, 3.8) is 0 Å². The van der Waals surface area contributed by atoms with E-state index < -0.39 is 10.0 Å². The Morgan fingerprint density at radius 1 is 1.00 bits per heavy atom. The van der Waals surface area contributed by atoms with Crippen LogP contribution in [-0.2, 0) is 23.0 Å². The molecule has 1 aliphatic rings. The van der Waals surface area contributed by atoms with Crippen molar-refractivity contribution in [1.82, 2.24) is 14.2 Å². The fourth-order valence-electron chi connectivity index (χ4n) is 4.49. The topological polar surface area (TPSA) is 53.5 Å². The van der Waals surface area contributed by atoms with E-state index >= 15 is 0 Å². The summed E-state index contributed by atoms with van der Waals surface area (Å²) >= 11 is 0. The minimum atomic E-state index is -3.58. The number of rotatable bonds is 7. The summed E-state index contributed by atoms with van der Waals surface area (Å²) in [5.74, 6) is 0. The van der Waals surface area contributed by atoms with Crippen LogP contribution in [0.4, 0.5) is 0 Å². The van der Waals surface area contributed by atoms with Gasteiger partial charge in [0, 0.05) is 25.8 Å². The quantitative estimate of drug-likeness (QED) is 0.511. The van der Waals surface area contributed by atoms with Gasteiger partial charge in [0.2, 0.25) is 10.0 Å². The summed E-state index contributed by atoms with van der Waals surface area (Å²) in [5.41, 5.74) is 4.58. The minimum absolute atomic E-state index is 0.245. The van der Waals surface area contributed by atoms with Gasteiger partial charge in [-0.2, -0.15) is 4.31 Å². The SMILES string of the molecule is CC(c1ccccc1)N(C)S(=O)(=O)c1ccc(CN(C)C2CCCc3cccnc32)cc1. The number of nitrogens with zero attached hydrogens (tertiary/aromatic N) is 3. The number of fused-ring (bicyclic) bond motifs is 1. The largest absolute Gasteiger partial charge is 0.294 e. The van der Waals surface area contributed by atoms with E-state index in [9.17, 15) is 8.42 Å². The van der Waals surface area contributed by atoms with Crippen LogP contribution < -0.4 is 0 Å². The summed E-state index contributed by atoms with van der Waals surface area (Å²) in [4.78, 5) is 7.28. The number of benzene rings is 2. The first-order valence-corrected chi connectivity index (χ1v) is 12.6. The highest BCUT2D eigenvalue weighted by Gasteiger charge is 2.27. The lowest BCUT2D eigenvalue weighted by Crippen LogP contribution is -2.30. The van der Waals surface area contributed by atoms with E-state index in [0.717, 1.165) is 36.9 Å². The van der Waals surface area contributed by atoms with E-state index in [1.807, 2.05) is 61.7 Å². The van der Waals surface area contributed by atoms with Crippen LogP contribution in [0.3, 0.4) is 0 Å². The van der Waals surface area contributed by atoms with Gasteiger partial charge < -0.3 is 0 Å². The van der Waals surface area contributed by atoms with Gasteiger partial charge in [0.15, 0.2) is 0 Å². The minimum Gasteiger partial charge on any atom is -0.294 e. The van der Waals surface area contributed by atoms with Gasteiger partial charge in [-0.1, -0.05) is 48.5 Å². The Bertz CT molecular complexity index is 1150. The first kappa shape index (κ1) is 22.6. The lowest BCUT2D eigenvalue weighted by molar-refractivity contribution is 0.208. The number of aromatic nitrogens is 1. The Morgan fingerprint density at radius 3 is 2.44 bits per heavy atom. The van der Waals surface area contributed by atoms with Gasteiger partial charge in [-0.05, 0) is 68.1 Å². The molecule has 2 atom stereocenters. The van der Waals surface area contributed by atoms with Crippen LogP contribution in [0.15, 0.2) is 77.8 Å².